The van der Waals surface area contributed by atoms with Crippen molar-refractivity contribution in [1.82, 2.24) is 20.2 Å². The van der Waals surface area contributed by atoms with Crippen LogP contribution in [0.3, 0.4) is 0 Å². The molecule has 1 aliphatic heterocycles. The van der Waals surface area contributed by atoms with E-state index in [0.717, 1.165) is 23.6 Å². The van der Waals surface area contributed by atoms with Crippen LogP contribution in [0.15, 0.2) is 6.07 Å². The van der Waals surface area contributed by atoms with E-state index in [9.17, 15) is 4.79 Å². The quantitative estimate of drug-likeness (QED) is 0.902. The predicted molar refractivity (Wildman–Crippen MR) is 94.7 cm³/mol. The van der Waals surface area contributed by atoms with Crippen LogP contribution >= 0.6 is 0 Å². The molecule has 1 aromatic rings. The summed E-state index contributed by atoms with van der Waals surface area (Å²) in [5, 5.41) is 2.68. The van der Waals surface area contributed by atoms with Crippen molar-refractivity contribution in [2.45, 2.75) is 76.8 Å². The Hall–Kier alpha value is -1.49. The van der Waals surface area contributed by atoms with Gasteiger partial charge in [-0.05, 0) is 51.6 Å². The van der Waals surface area contributed by atoms with Gasteiger partial charge in [0.15, 0.2) is 0 Å². The van der Waals surface area contributed by atoms with Crippen LogP contribution in [0.5, 0.6) is 0 Å². The van der Waals surface area contributed by atoms with Crippen molar-refractivity contribution < 1.29 is 4.79 Å². The molecule has 0 bridgehead atoms. The zero-order valence-corrected chi connectivity index (χ0v) is 15.1. The van der Waals surface area contributed by atoms with Crippen molar-refractivity contribution in [2.75, 3.05) is 13.6 Å². The highest BCUT2D eigenvalue weighted by Crippen LogP contribution is 2.36. The van der Waals surface area contributed by atoms with Gasteiger partial charge in [0.1, 0.15) is 5.82 Å². The van der Waals surface area contributed by atoms with E-state index >= 15 is 0 Å². The fraction of sp³-hybridized carbons (Fsp3) is 0.737. The fourth-order valence-corrected chi connectivity index (χ4v) is 4.22. The number of aromatic nitrogens is 2. The molecule has 2 fully saturated rings. The summed E-state index contributed by atoms with van der Waals surface area (Å²) in [4.78, 5) is 23.8. The molecule has 24 heavy (non-hydrogen) atoms. The maximum atomic E-state index is 11.5. The molecule has 1 saturated carbocycles. The number of amides is 1. The molecule has 1 aromatic heterocycles. The third-order valence-electron chi connectivity index (χ3n) is 5.45. The number of aryl methyl sites for hydroxylation is 2. The smallest absolute Gasteiger partial charge is 0.220 e. The monoisotopic (exact) mass is 330 g/mol. The van der Waals surface area contributed by atoms with Crippen LogP contribution < -0.4 is 5.32 Å². The molecule has 1 aliphatic carbocycles. The average Bonchev–Trinajstić information content (AvgIpc) is 3.09. The second-order valence-electron chi connectivity index (χ2n) is 7.22. The summed E-state index contributed by atoms with van der Waals surface area (Å²) in [5.41, 5.74) is 2.01. The van der Waals surface area contributed by atoms with Crippen LogP contribution in [0, 0.1) is 6.92 Å². The Kier molecular flexibility index (Phi) is 5.82. The van der Waals surface area contributed by atoms with Gasteiger partial charge >= 0.3 is 0 Å². The molecule has 1 atom stereocenters. The Bertz CT molecular complexity index is 568. The largest absolute Gasteiger partial charge is 0.359 e. The minimum absolute atomic E-state index is 0.0671. The first-order valence-electron chi connectivity index (χ1n) is 9.48. The topological polar surface area (TPSA) is 58.1 Å². The second-order valence-corrected chi connectivity index (χ2v) is 7.22. The number of carbonyl (C=O) groups is 1. The van der Waals surface area contributed by atoms with E-state index < -0.39 is 0 Å². The summed E-state index contributed by atoms with van der Waals surface area (Å²) >= 11 is 0. The van der Waals surface area contributed by atoms with E-state index in [2.05, 4.69) is 10.2 Å². The van der Waals surface area contributed by atoms with Crippen LogP contribution in [-0.4, -0.2) is 40.4 Å². The van der Waals surface area contributed by atoms with Crippen LogP contribution in [0.25, 0.3) is 0 Å². The fourth-order valence-electron chi connectivity index (χ4n) is 4.22. The van der Waals surface area contributed by atoms with Crippen molar-refractivity contribution in [3.8, 4) is 0 Å². The molecule has 5 nitrogen and oxygen atoms in total. The van der Waals surface area contributed by atoms with Gasteiger partial charge < -0.3 is 5.32 Å². The van der Waals surface area contributed by atoms with E-state index in [1.54, 1.807) is 7.05 Å². The third kappa shape index (κ3) is 4.12. The number of hydrogen-bond donors (Lipinski definition) is 1. The Morgan fingerprint density at radius 3 is 2.75 bits per heavy atom. The molecule has 0 radical (unpaired) electrons. The zero-order chi connectivity index (χ0) is 16.9. The minimum Gasteiger partial charge on any atom is -0.359 e. The van der Waals surface area contributed by atoms with Gasteiger partial charge in [-0.3, -0.25) is 9.69 Å². The van der Waals surface area contributed by atoms with E-state index in [-0.39, 0.29) is 5.91 Å². The summed E-state index contributed by atoms with van der Waals surface area (Å²) in [6, 6.07) is 3.10. The number of hydrogen-bond acceptors (Lipinski definition) is 4. The summed E-state index contributed by atoms with van der Waals surface area (Å²) < 4.78 is 0. The van der Waals surface area contributed by atoms with Gasteiger partial charge in [0.2, 0.25) is 5.91 Å². The van der Waals surface area contributed by atoms with E-state index in [0.29, 0.717) is 24.9 Å². The lowest BCUT2D eigenvalue weighted by atomic mass is 9.93. The van der Waals surface area contributed by atoms with Gasteiger partial charge in [0.05, 0.1) is 6.04 Å². The Labute approximate surface area is 145 Å². The van der Waals surface area contributed by atoms with Gasteiger partial charge in [0, 0.05) is 30.9 Å². The van der Waals surface area contributed by atoms with Crippen LogP contribution in [0.4, 0.5) is 0 Å². The Morgan fingerprint density at radius 1 is 1.21 bits per heavy atom. The SMILES string of the molecule is CNC(=O)CCc1cc(C)nc([C@@H]2CCCN2C2CCCCC2)n1. The zero-order valence-electron chi connectivity index (χ0n) is 15.1. The normalized spacial score (nSPS) is 22.7. The number of nitrogens with zero attached hydrogens (tertiary/aromatic N) is 3. The van der Waals surface area contributed by atoms with Crippen molar-refractivity contribution in [3.05, 3.63) is 23.3 Å². The van der Waals surface area contributed by atoms with Gasteiger partial charge in [-0.25, -0.2) is 9.97 Å². The third-order valence-corrected chi connectivity index (χ3v) is 5.45. The van der Waals surface area contributed by atoms with Crippen molar-refractivity contribution in [2.24, 2.45) is 0 Å². The van der Waals surface area contributed by atoms with Gasteiger partial charge in [0.25, 0.3) is 0 Å². The van der Waals surface area contributed by atoms with E-state index in [1.165, 1.54) is 45.1 Å². The summed E-state index contributed by atoms with van der Waals surface area (Å²) in [6.07, 6.45) is 10.3. The molecule has 2 aliphatic rings. The highest BCUT2D eigenvalue weighted by molar-refractivity contribution is 5.75. The molecule has 0 aromatic carbocycles. The summed E-state index contributed by atoms with van der Waals surface area (Å²) in [6.45, 7) is 3.22. The van der Waals surface area contributed by atoms with Gasteiger partial charge in [-0.2, -0.15) is 0 Å². The molecule has 2 heterocycles. The number of rotatable bonds is 5. The molecule has 1 saturated heterocycles. The van der Waals surface area contributed by atoms with Crippen LogP contribution in [-0.2, 0) is 11.2 Å². The highest BCUT2D eigenvalue weighted by Gasteiger charge is 2.34. The van der Waals surface area contributed by atoms with Crippen LogP contribution in [0.2, 0.25) is 0 Å². The molecular formula is C19H30N4O. The van der Waals surface area contributed by atoms with Crippen molar-refractivity contribution in [3.63, 3.8) is 0 Å². The number of likely N-dealkylation sites (tertiary alicyclic amines) is 1. The second kappa shape index (κ2) is 8.06. The lowest BCUT2D eigenvalue weighted by Crippen LogP contribution is -2.37. The molecule has 0 unspecified atom stereocenters. The molecule has 5 heteroatoms. The van der Waals surface area contributed by atoms with Gasteiger partial charge in [-0.15, -0.1) is 0 Å². The first-order chi connectivity index (χ1) is 11.7. The maximum Gasteiger partial charge on any atom is 0.220 e. The van der Waals surface area contributed by atoms with E-state index in [4.69, 9.17) is 9.97 Å². The molecular weight excluding hydrogens is 300 g/mol. The number of carbonyl (C=O) groups excluding carboxylic acids is 1. The lowest BCUT2D eigenvalue weighted by molar-refractivity contribution is -0.120. The first-order valence-corrected chi connectivity index (χ1v) is 9.48. The van der Waals surface area contributed by atoms with Crippen LogP contribution in [0.1, 0.15) is 74.6 Å². The van der Waals surface area contributed by atoms with Crippen molar-refractivity contribution in [1.29, 1.82) is 0 Å². The molecule has 3 rings (SSSR count). The number of nitrogens with one attached hydrogen (secondary N) is 1. The first kappa shape index (κ1) is 17.3. The standard InChI is InChI=1S/C19H30N4O/c1-14-13-15(10-11-18(24)20-2)22-19(21-14)17-9-6-12-23(17)16-7-4-3-5-8-16/h13,16-17H,3-12H2,1-2H3,(H,20,24)/t17-/m0/s1. The molecule has 132 valence electrons. The molecule has 0 spiro atoms. The molecule has 1 N–H and O–H groups in total. The minimum atomic E-state index is 0.0671. The maximum absolute atomic E-state index is 11.5. The average molecular weight is 330 g/mol. The van der Waals surface area contributed by atoms with E-state index in [1.807, 2.05) is 13.0 Å². The highest BCUT2D eigenvalue weighted by atomic mass is 16.1. The van der Waals surface area contributed by atoms with Gasteiger partial charge in [-0.1, -0.05) is 19.3 Å². The Morgan fingerprint density at radius 2 is 2.00 bits per heavy atom. The summed E-state index contributed by atoms with van der Waals surface area (Å²) in [5.74, 6) is 1.04. The van der Waals surface area contributed by atoms with Crippen molar-refractivity contribution >= 4 is 5.91 Å². The predicted octanol–water partition coefficient (Wildman–Crippen LogP) is 2.93. The lowest BCUT2D eigenvalue weighted by Gasteiger charge is -2.35. The Balaban J connectivity index is 1.74. The molecule has 1 amide bonds. The summed E-state index contributed by atoms with van der Waals surface area (Å²) in [7, 11) is 1.68.